The Labute approximate surface area is 176 Å². The van der Waals surface area contributed by atoms with Crippen molar-refractivity contribution in [3.8, 4) is 0 Å². The van der Waals surface area contributed by atoms with Gasteiger partial charge in [-0.25, -0.2) is 0 Å². The van der Waals surface area contributed by atoms with Crippen molar-refractivity contribution in [1.29, 1.82) is 0 Å². The predicted octanol–water partition coefficient (Wildman–Crippen LogP) is 3.11. The first-order valence-electron chi connectivity index (χ1n) is 9.50. The Morgan fingerprint density at radius 2 is 2.00 bits per heavy atom. The standard InChI is InChI=1S/C20H34N4O.HI/c1-5-21-20(23-19-14-24(16(2)3)13-17(19)4)22-11-12-25-15-18-9-7-6-8-10-18;/h6-10,16-17,19H,5,11-15H2,1-4H3,(H2,21,22,23);1H. The molecule has 0 saturated carbocycles. The summed E-state index contributed by atoms with van der Waals surface area (Å²) in [7, 11) is 0. The van der Waals surface area contributed by atoms with Crippen LogP contribution in [0.1, 0.15) is 33.3 Å². The Morgan fingerprint density at radius 3 is 2.62 bits per heavy atom. The van der Waals surface area contributed by atoms with Crippen LogP contribution in [0, 0.1) is 5.92 Å². The second-order valence-electron chi connectivity index (χ2n) is 7.07. The average molecular weight is 474 g/mol. The lowest BCUT2D eigenvalue weighted by atomic mass is 10.1. The smallest absolute Gasteiger partial charge is 0.191 e. The number of ether oxygens (including phenoxy) is 1. The molecule has 2 atom stereocenters. The van der Waals surface area contributed by atoms with E-state index in [4.69, 9.17) is 4.74 Å². The minimum absolute atomic E-state index is 0. The lowest BCUT2D eigenvalue weighted by Gasteiger charge is -2.21. The highest BCUT2D eigenvalue weighted by Crippen LogP contribution is 2.18. The van der Waals surface area contributed by atoms with E-state index in [1.54, 1.807) is 0 Å². The largest absolute Gasteiger partial charge is 0.375 e. The van der Waals surface area contributed by atoms with Crippen LogP contribution in [-0.2, 0) is 11.3 Å². The summed E-state index contributed by atoms with van der Waals surface area (Å²) in [5.41, 5.74) is 1.20. The van der Waals surface area contributed by atoms with Crippen molar-refractivity contribution < 1.29 is 4.74 Å². The van der Waals surface area contributed by atoms with Gasteiger partial charge in [-0.05, 0) is 32.3 Å². The van der Waals surface area contributed by atoms with Gasteiger partial charge in [0.05, 0.1) is 19.8 Å². The summed E-state index contributed by atoms with van der Waals surface area (Å²) in [4.78, 5) is 7.19. The van der Waals surface area contributed by atoms with Gasteiger partial charge in [0.1, 0.15) is 0 Å². The summed E-state index contributed by atoms with van der Waals surface area (Å²) < 4.78 is 5.72. The first kappa shape index (κ1) is 23.2. The number of rotatable bonds is 8. The molecule has 2 N–H and O–H groups in total. The van der Waals surface area contributed by atoms with Crippen molar-refractivity contribution in [1.82, 2.24) is 15.5 Å². The van der Waals surface area contributed by atoms with E-state index in [9.17, 15) is 0 Å². The van der Waals surface area contributed by atoms with Crippen LogP contribution in [0.2, 0.25) is 0 Å². The maximum atomic E-state index is 5.72. The van der Waals surface area contributed by atoms with Crippen LogP contribution in [0.15, 0.2) is 35.3 Å². The Hall–Kier alpha value is -0.860. The summed E-state index contributed by atoms with van der Waals surface area (Å²) in [5.74, 6) is 1.52. The lowest BCUT2D eigenvalue weighted by molar-refractivity contribution is 0.128. The molecule has 0 radical (unpaired) electrons. The molecule has 1 aromatic carbocycles. The molecule has 2 rings (SSSR count). The van der Waals surface area contributed by atoms with Crippen LogP contribution in [-0.4, -0.2) is 55.7 Å². The normalized spacial score (nSPS) is 20.9. The van der Waals surface area contributed by atoms with Gasteiger partial charge >= 0.3 is 0 Å². The molecule has 0 amide bonds. The predicted molar refractivity (Wildman–Crippen MR) is 120 cm³/mol. The lowest BCUT2D eigenvalue weighted by Crippen LogP contribution is -2.47. The summed E-state index contributed by atoms with van der Waals surface area (Å²) in [5, 5.41) is 6.95. The molecule has 0 bridgehead atoms. The third-order valence-electron chi connectivity index (χ3n) is 4.65. The van der Waals surface area contributed by atoms with Crippen molar-refractivity contribution in [2.45, 2.75) is 46.4 Å². The molecule has 0 aliphatic carbocycles. The second kappa shape index (κ2) is 12.5. The van der Waals surface area contributed by atoms with Crippen molar-refractivity contribution in [3.63, 3.8) is 0 Å². The minimum atomic E-state index is 0. The van der Waals surface area contributed by atoms with Crippen molar-refractivity contribution in [2.24, 2.45) is 10.9 Å². The van der Waals surface area contributed by atoms with E-state index in [0.717, 1.165) is 25.6 Å². The fourth-order valence-corrected chi connectivity index (χ4v) is 3.10. The zero-order chi connectivity index (χ0) is 18.1. The van der Waals surface area contributed by atoms with E-state index in [1.165, 1.54) is 5.56 Å². The Morgan fingerprint density at radius 1 is 1.27 bits per heavy atom. The third kappa shape index (κ3) is 7.80. The van der Waals surface area contributed by atoms with Gasteiger partial charge in [-0.2, -0.15) is 0 Å². The molecule has 1 heterocycles. The van der Waals surface area contributed by atoms with Gasteiger partial charge in [-0.15, -0.1) is 24.0 Å². The molecule has 148 valence electrons. The van der Waals surface area contributed by atoms with Gasteiger partial charge in [0, 0.05) is 31.7 Å². The van der Waals surface area contributed by atoms with Crippen molar-refractivity contribution in [2.75, 3.05) is 32.8 Å². The molecular formula is C20H35IN4O. The van der Waals surface area contributed by atoms with Gasteiger partial charge in [-0.3, -0.25) is 9.89 Å². The fraction of sp³-hybridized carbons (Fsp3) is 0.650. The highest BCUT2D eigenvalue weighted by molar-refractivity contribution is 14.0. The van der Waals surface area contributed by atoms with Gasteiger partial charge < -0.3 is 15.4 Å². The molecule has 0 spiro atoms. The molecule has 26 heavy (non-hydrogen) atoms. The number of nitrogens with one attached hydrogen (secondary N) is 2. The van der Waals surface area contributed by atoms with Crippen molar-refractivity contribution >= 4 is 29.9 Å². The molecule has 1 aromatic rings. The zero-order valence-electron chi connectivity index (χ0n) is 16.6. The van der Waals surface area contributed by atoms with Crippen LogP contribution >= 0.6 is 24.0 Å². The van der Waals surface area contributed by atoms with E-state index in [1.807, 2.05) is 18.2 Å². The van der Waals surface area contributed by atoms with E-state index in [-0.39, 0.29) is 24.0 Å². The highest BCUT2D eigenvalue weighted by Gasteiger charge is 2.31. The summed E-state index contributed by atoms with van der Waals surface area (Å²) in [6.07, 6.45) is 0. The first-order valence-corrected chi connectivity index (χ1v) is 9.50. The Balaban J connectivity index is 0.00000338. The number of benzene rings is 1. The number of aliphatic imine (C=N–C) groups is 1. The molecule has 2 unspecified atom stereocenters. The SMILES string of the molecule is CCNC(=NCCOCc1ccccc1)NC1CN(C(C)C)CC1C.I. The molecule has 1 saturated heterocycles. The molecule has 0 aromatic heterocycles. The number of likely N-dealkylation sites (tertiary alicyclic amines) is 1. The first-order chi connectivity index (χ1) is 12.1. The maximum Gasteiger partial charge on any atom is 0.191 e. The monoisotopic (exact) mass is 474 g/mol. The van der Waals surface area contributed by atoms with Gasteiger partial charge in [0.25, 0.3) is 0 Å². The number of nitrogens with zero attached hydrogens (tertiary/aromatic N) is 2. The molecular weight excluding hydrogens is 439 g/mol. The quantitative estimate of drug-likeness (QED) is 0.263. The van der Waals surface area contributed by atoms with Crippen LogP contribution in [0.3, 0.4) is 0 Å². The number of hydrogen-bond acceptors (Lipinski definition) is 3. The highest BCUT2D eigenvalue weighted by atomic mass is 127. The molecule has 1 aliphatic rings. The van der Waals surface area contributed by atoms with E-state index in [2.05, 4.69) is 60.4 Å². The molecule has 5 nitrogen and oxygen atoms in total. The third-order valence-corrected chi connectivity index (χ3v) is 4.65. The zero-order valence-corrected chi connectivity index (χ0v) is 18.9. The minimum Gasteiger partial charge on any atom is -0.375 e. The van der Waals surface area contributed by atoms with Crippen LogP contribution in [0.4, 0.5) is 0 Å². The summed E-state index contributed by atoms with van der Waals surface area (Å²) >= 11 is 0. The van der Waals surface area contributed by atoms with Crippen LogP contribution in [0.25, 0.3) is 0 Å². The van der Waals surface area contributed by atoms with E-state index in [0.29, 0.717) is 37.8 Å². The van der Waals surface area contributed by atoms with Crippen molar-refractivity contribution in [3.05, 3.63) is 35.9 Å². The molecule has 1 aliphatic heterocycles. The van der Waals surface area contributed by atoms with Crippen LogP contribution in [0.5, 0.6) is 0 Å². The second-order valence-corrected chi connectivity index (χ2v) is 7.07. The average Bonchev–Trinajstić information content (AvgIpc) is 2.97. The van der Waals surface area contributed by atoms with Gasteiger partial charge in [0.15, 0.2) is 5.96 Å². The number of halogens is 1. The topological polar surface area (TPSA) is 48.9 Å². The fourth-order valence-electron chi connectivity index (χ4n) is 3.10. The molecule has 6 heteroatoms. The maximum absolute atomic E-state index is 5.72. The van der Waals surface area contributed by atoms with E-state index < -0.39 is 0 Å². The van der Waals surface area contributed by atoms with Gasteiger partial charge in [-0.1, -0.05) is 37.3 Å². The number of guanidine groups is 1. The van der Waals surface area contributed by atoms with Gasteiger partial charge in [0.2, 0.25) is 0 Å². The van der Waals surface area contributed by atoms with Crippen LogP contribution < -0.4 is 10.6 Å². The Kier molecular flexibility index (Phi) is 11.2. The molecule has 1 fully saturated rings. The number of hydrogen-bond donors (Lipinski definition) is 2. The van der Waals surface area contributed by atoms with E-state index >= 15 is 0 Å². The Bertz CT molecular complexity index is 524. The summed E-state index contributed by atoms with van der Waals surface area (Å²) in [6.45, 7) is 14.0. The summed E-state index contributed by atoms with van der Waals surface area (Å²) in [6, 6.07) is 11.3.